The lowest BCUT2D eigenvalue weighted by Crippen LogP contribution is -2.12. The van der Waals surface area contributed by atoms with Crippen LogP contribution in [0, 0.1) is 0 Å². The molecule has 0 radical (unpaired) electrons. The van der Waals surface area contributed by atoms with E-state index in [1.807, 2.05) is 48.5 Å². The number of primary amides is 2. The maximum atomic E-state index is 10.7. The second-order valence-electron chi connectivity index (χ2n) is 8.64. The number of benzene rings is 2. The maximum absolute atomic E-state index is 10.7. The molecule has 0 unspecified atom stereocenters. The first kappa shape index (κ1) is 29.0. The molecule has 2 heterocycles. The van der Waals surface area contributed by atoms with E-state index in [1.54, 1.807) is 12.1 Å². The van der Waals surface area contributed by atoms with E-state index in [2.05, 4.69) is 19.8 Å². The van der Waals surface area contributed by atoms with E-state index >= 15 is 0 Å². The van der Waals surface area contributed by atoms with Crippen molar-refractivity contribution in [2.75, 3.05) is 26.4 Å². The van der Waals surface area contributed by atoms with Crippen LogP contribution in [0.4, 0.5) is 9.59 Å². The molecule has 0 aliphatic heterocycles. The second kappa shape index (κ2) is 14.9. The quantitative estimate of drug-likeness (QED) is 0.183. The van der Waals surface area contributed by atoms with Gasteiger partial charge in [-0.1, -0.05) is 10.3 Å². The molecule has 4 rings (SSSR count). The van der Waals surface area contributed by atoms with Gasteiger partial charge in [0, 0.05) is 49.3 Å². The van der Waals surface area contributed by atoms with Gasteiger partial charge in [-0.3, -0.25) is 0 Å². The maximum Gasteiger partial charge on any atom is 0.404 e. The lowest BCUT2D eigenvalue weighted by molar-refractivity contribution is 0.107. The first-order chi connectivity index (χ1) is 20.0. The summed E-state index contributed by atoms with van der Waals surface area (Å²) in [7, 11) is 0. The standard InChI is InChI=1S/C28H30N4O9/c29-27(33)38-17-23-15-25(31-40-23)19-3-7-21(8-4-19)36-13-1-11-35-12-2-14-37-22-9-5-20(6-10-22)26-16-24(41-32-26)18-39-28(30)34/h3-10,15-16H,1-2,11-14,17-18H2,(H2,29,33)(H2,30,34). The Morgan fingerprint density at radius 1 is 0.634 bits per heavy atom. The Bertz CT molecular complexity index is 1280. The van der Waals surface area contributed by atoms with E-state index in [4.69, 9.17) is 34.7 Å². The summed E-state index contributed by atoms with van der Waals surface area (Å²) < 4.78 is 36.8. The van der Waals surface area contributed by atoms with Crippen molar-refractivity contribution < 1.29 is 42.3 Å². The number of carbonyl (C=O) groups excluding carboxylic acids is 2. The molecule has 2 amide bonds. The van der Waals surface area contributed by atoms with Crippen LogP contribution in [-0.4, -0.2) is 48.9 Å². The molecule has 0 aliphatic carbocycles. The van der Waals surface area contributed by atoms with Gasteiger partial charge < -0.3 is 44.2 Å². The highest BCUT2D eigenvalue weighted by Gasteiger charge is 2.10. The Hall–Kier alpha value is -5.04. The fraction of sp³-hybridized carbons (Fsp3) is 0.286. The van der Waals surface area contributed by atoms with Gasteiger partial charge in [-0.05, 0) is 48.5 Å². The number of rotatable bonds is 16. The van der Waals surface area contributed by atoms with E-state index < -0.39 is 12.2 Å². The first-order valence-electron chi connectivity index (χ1n) is 12.8. The van der Waals surface area contributed by atoms with Crippen molar-refractivity contribution in [2.45, 2.75) is 26.1 Å². The zero-order valence-corrected chi connectivity index (χ0v) is 22.2. The van der Waals surface area contributed by atoms with Crippen LogP contribution in [0.1, 0.15) is 24.4 Å². The molecule has 0 saturated carbocycles. The fourth-order valence-corrected chi connectivity index (χ4v) is 3.57. The highest BCUT2D eigenvalue weighted by atomic mass is 16.6. The molecular formula is C28H30N4O9. The van der Waals surface area contributed by atoms with Crippen molar-refractivity contribution in [3.05, 3.63) is 72.2 Å². The number of aromatic nitrogens is 2. The van der Waals surface area contributed by atoms with Crippen LogP contribution in [0.15, 0.2) is 69.7 Å². The lowest BCUT2D eigenvalue weighted by Gasteiger charge is -2.08. The minimum atomic E-state index is -0.875. The van der Waals surface area contributed by atoms with E-state index in [0.717, 1.165) is 35.5 Å². The molecule has 0 spiro atoms. The molecule has 0 saturated heterocycles. The van der Waals surface area contributed by atoms with Gasteiger partial charge in [0.05, 0.1) is 13.2 Å². The topological polar surface area (TPSA) is 184 Å². The summed E-state index contributed by atoms with van der Waals surface area (Å²) in [5, 5.41) is 7.92. The number of nitrogens with two attached hydrogens (primary N) is 2. The number of amides is 2. The van der Waals surface area contributed by atoms with Gasteiger partial charge in [-0.25, -0.2) is 9.59 Å². The fourth-order valence-electron chi connectivity index (χ4n) is 3.57. The van der Waals surface area contributed by atoms with Gasteiger partial charge in [-0.2, -0.15) is 0 Å². The number of ether oxygens (including phenoxy) is 5. The Morgan fingerprint density at radius 3 is 1.44 bits per heavy atom. The summed E-state index contributed by atoms with van der Waals surface area (Å²) in [6, 6.07) is 18.2. The third kappa shape index (κ3) is 9.58. The zero-order valence-electron chi connectivity index (χ0n) is 22.2. The van der Waals surface area contributed by atoms with Crippen molar-refractivity contribution in [1.29, 1.82) is 0 Å². The Kier molecular flexibility index (Phi) is 10.5. The lowest BCUT2D eigenvalue weighted by atomic mass is 10.1. The summed E-state index contributed by atoms with van der Waals surface area (Å²) in [6.07, 6.45) is -0.259. The van der Waals surface area contributed by atoms with Crippen molar-refractivity contribution in [2.24, 2.45) is 11.5 Å². The van der Waals surface area contributed by atoms with Crippen molar-refractivity contribution in [3.63, 3.8) is 0 Å². The highest BCUT2D eigenvalue weighted by Crippen LogP contribution is 2.24. The molecule has 0 atom stereocenters. The molecule has 13 heteroatoms. The monoisotopic (exact) mass is 566 g/mol. The normalized spacial score (nSPS) is 10.7. The molecule has 2 aromatic carbocycles. The summed E-state index contributed by atoms with van der Waals surface area (Å²) in [5.41, 5.74) is 12.8. The van der Waals surface area contributed by atoms with Gasteiger partial charge in [0.25, 0.3) is 0 Å². The van der Waals surface area contributed by atoms with Crippen molar-refractivity contribution in [3.8, 4) is 34.0 Å². The van der Waals surface area contributed by atoms with Crippen LogP contribution in [0.2, 0.25) is 0 Å². The minimum Gasteiger partial charge on any atom is -0.494 e. The van der Waals surface area contributed by atoms with Crippen LogP contribution >= 0.6 is 0 Å². The Balaban J connectivity index is 1.05. The molecule has 41 heavy (non-hydrogen) atoms. The van der Waals surface area contributed by atoms with Crippen molar-refractivity contribution >= 4 is 12.2 Å². The molecule has 4 aromatic rings. The molecule has 4 N–H and O–H groups in total. The average Bonchev–Trinajstić information content (AvgIpc) is 3.65. The first-order valence-corrected chi connectivity index (χ1v) is 12.8. The SMILES string of the molecule is NC(=O)OCc1cc(-c2ccc(OCCCOCCCOc3ccc(-c4cc(COC(N)=O)on4)cc3)cc2)no1. The third-order valence-electron chi connectivity index (χ3n) is 5.53. The van der Waals surface area contributed by atoms with Gasteiger partial charge >= 0.3 is 12.2 Å². The molecular weight excluding hydrogens is 536 g/mol. The number of hydrogen-bond acceptors (Lipinski definition) is 11. The largest absolute Gasteiger partial charge is 0.494 e. The van der Waals surface area contributed by atoms with Crippen LogP contribution in [0.5, 0.6) is 11.5 Å². The van der Waals surface area contributed by atoms with E-state index in [0.29, 0.717) is 49.3 Å². The van der Waals surface area contributed by atoms with Crippen LogP contribution in [0.25, 0.3) is 22.5 Å². The van der Waals surface area contributed by atoms with Crippen LogP contribution in [-0.2, 0) is 27.4 Å². The Labute approximate surface area is 235 Å². The van der Waals surface area contributed by atoms with Gasteiger partial charge in [0.1, 0.15) is 22.9 Å². The van der Waals surface area contributed by atoms with Gasteiger partial charge in [0.2, 0.25) is 0 Å². The molecule has 0 aliphatic rings. The number of nitrogens with zero attached hydrogens (tertiary/aromatic N) is 2. The Morgan fingerprint density at radius 2 is 1.05 bits per heavy atom. The van der Waals surface area contributed by atoms with Gasteiger partial charge in [-0.15, -0.1) is 0 Å². The predicted octanol–water partition coefficient (Wildman–Crippen LogP) is 4.44. The van der Waals surface area contributed by atoms with E-state index in [-0.39, 0.29) is 13.2 Å². The smallest absolute Gasteiger partial charge is 0.404 e. The zero-order chi connectivity index (χ0) is 28.9. The van der Waals surface area contributed by atoms with Crippen molar-refractivity contribution in [1.82, 2.24) is 10.3 Å². The second-order valence-corrected chi connectivity index (χ2v) is 8.64. The average molecular weight is 567 g/mol. The van der Waals surface area contributed by atoms with E-state index in [9.17, 15) is 9.59 Å². The van der Waals surface area contributed by atoms with E-state index in [1.165, 1.54) is 0 Å². The van der Waals surface area contributed by atoms with Gasteiger partial charge in [0.15, 0.2) is 24.7 Å². The summed E-state index contributed by atoms with van der Waals surface area (Å²) in [4.78, 5) is 21.4. The highest BCUT2D eigenvalue weighted by molar-refractivity contribution is 5.65. The number of carbonyl (C=O) groups is 2. The molecule has 0 fully saturated rings. The molecule has 13 nitrogen and oxygen atoms in total. The molecule has 2 aromatic heterocycles. The minimum absolute atomic E-state index is 0.0705. The third-order valence-corrected chi connectivity index (χ3v) is 5.53. The molecule has 0 bridgehead atoms. The van der Waals surface area contributed by atoms with Crippen LogP contribution < -0.4 is 20.9 Å². The van der Waals surface area contributed by atoms with Crippen LogP contribution in [0.3, 0.4) is 0 Å². The summed E-state index contributed by atoms with van der Waals surface area (Å²) in [5.74, 6) is 2.26. The summed E-state index contributed by atoms with van der Waals surface area (Å²) in [6.45, 7) is 2.05. The number of hydrogen-bond donors (Lipinski definition) is 2. The molecule has 216 valence electrons. The summed E-state index contributed by atoms with van der Waals surface area (Å²) >= 11 is 0. The predicted molar refractivity (Wildman–Crippen MR) is 144 cm³/mol.